The molecule has 17 heavy (non-hydrogen) atoms. The summed E-state index contributed by atoms with van der Waals surface area (Å²) < 4.78 is 0. The summed E-state index contributed by atoms with van der Waals surface area (Å²) in [5, 5.41) is 23.6. The summed E-state index contributed by atoms with van der Waals surface area (Å²) in [7, 11) is 0. The van der Waals surface area contributed by atoms with Gasteiger partial charge in [0.15, 0.2) is 0 Å². The zero-order chi connectivity index (χ0) is 13.6. The predicted molar refractivity (Wildman–Crippen MR) is 60.8 cm³/mol. The SMILES string of the molecule is NCC(O)CN.O=C(O)CCl.O=C(O)CCl.[Pt]. The van der Waals surface area contributed by atoms with E-state index in [1.165, 1.54) is 0 Å². The van der Waals surface area contributed by atoms with Crippen molar-refractivity contribution in [1.82, 2.24) is 0 Å². The van der Waals surface area contributed by atoms with Gasteiger partial charge in [0, 0.05) is 34.2 Å². The maximum atomic E-state index is 9.24. The van der Waals surface area contributed by atoms with Gasteiger partial charge in [-0.05, 0) is 0 Å². The van der Waals surface area contributed by atoms with Crippen LogP contribution in [0.1, 0.15) is 0 Å². The molecule has 0 heterocycles. The molecule has 0 aliphatic heterocycles. The second-order valence-electron chi connectivity index (χ2n) is 2.18. The summed E-state index contributed by atoms with van der Waals surface area (Å²) in [4.78, 5) is 18.5. The van der Waals surface area contributed by atoms with Gasteiger partial charge in [0.1, 0.15) is 11.8 Å². The number of halogens is 2. The average molecular weight is 474 g/mol. The number of aliphatic hydroxyl groups is 1. The van der Waals surface area contributed by atoms with Crippen LogP contribution < -0.4 is 11.5 Å². The summed E-state index contributed by atoms with van der Waals surface area (Å²) in [5.74, 6) is -2.57. The predicted octanol–water partition coefficient (Wildman–Crippen LogP) is -1.12. The van der Waals surface area contributed by atoms with Gasteiger partial charge >= 0.3 is 11.9 Å². The number of aliphatic hydroxyl groups excluding tert-OH is 1. The molecular formula is C7H16Cl2N2O5Pt. The number of carboxylic acids is 2. The molecule has 10 heteroatoms. The molecule has 0 aliphatic carbocycles. The Morgan fingerprint density at radius 2 is 1.18 bits per heavy atom. The molecule has 0 amide bonds. The Hall–Kier alpha value is 0.0883. The molecule has 0 aliphatic rings. The molecule has 7 nitrogen and oxygen atoms in total. The maximum absolute atomic E-state index is 9.24. The van der Waals surface area contributed by atoms with Crippen molar-refractivity contribution in [2.45, 2.75) is 6.10 Å². The molecular weight excluding hydrogens is 458 g/mol. The van der Waals surface area contributed by atoms with Gasteiger partial charge in [-0.15, -0.1) is 23.2 Å². The topological polar surface area (TPSA) is 147 Å². The van der Waals surface area contributed by atoms with Crippen LogP contribution in [-0.2, 0) is 30.7 Å². The van der Waals surface area contributed by atoms with Crippen molar-refractivity contribution in [2.75, 3.05) is 24.8 Å². The Bertz CT molecular complexity index is 170. The Morgan fingerprint density at radius 1 is 1.00 bits per heavy atom. The minimum atomic E-state index is -0.980. The van der Waals surface area contributed by atoms with Crippen LogP contribution in [-0.4, -0.2) is 58.2 Å². The molecule has 0 spiro atoms. The van der Waals surface area contributed by atoms with Gasteiger partial charge in [-0.3, -0.25) is 9.59 Å². The second-order valence-corrected chi connectivity index (χ2v) is 2.71. The van der Waals surface area contributed by atoms with E-state index in [9.17, 15) is 9.59 Å². The molecule has 0 radical (unpaired) electrons. The van der Waals surface area contributed by atoms with Crippen molar-refractivity contribution in [3.8, 4) is 0 Å². The smallest absolute Gasteiger partial charge is 0.318 e. The maximum Gasteiger partial charge on any atom is 0.318 e. The van der Waals surface area contributed by atoms with Crippen LogP contribution in [0.2, 0.25) is 0 Å². The Labute approximate surface area is 123 Å². The van der Waals surface area contributed by atoms with Gasteiger partial charge in [-0.25, -0.2) is 0 Å². The van der Waals surface area contributed by atoms with Crippen molar-refractivity contribution >= 4 is 35.1 Å². The number of alkyl halides is 2. The van der Waals surface area contributed by atoms with Crippen LogP contribution in [0.25, 0.3) is 0 Å². The molecule has 7 N–H and O–H groups in total. The van der Waals surface area contributed by atoms with Crippen LogP contribution in [0.15, 0.2) is 0 Å². The van der Waals surface area contributed by atoms with Crippen LogP contribution in [0.5, 0.6) is 0 Å². The van der Waals surface area contributed by atoms with Gasteiger partial charge in [0.05, 0.1) is 6.10 Å². The zero-order valence-corrected chi connectivity index (χ0v) is 12.6. The molecule has 0 saturated heterocycles. The quantitative estimate of drug-likeness (QED) is 0.325. The van der Waals surface area contributed by atoms with Crippen molar-refractivity contribution in [1.29, 1.82) is 0 Å². The molecule has 0 rings (SSSR count). The van der Waals surface area contributed by atoms with E-state index in [1.54, 1.807) is 0 Å². The molecule has 108 valence electrons. The molecule has 0 aromatic rings. The van der Waals surface area contributed by atoms with E-state index in [1.807, 2.05) is 0 Å². The van der Waals surface area contributed by atoms with Gasteiger partial charge < -0.3 is 26.8 Å². The van der Waals surface area contributed by atoms with Crippen LogP contribution in [0.4, 0.5) is 0 Å². The fourth-order valence-electron chi connectivity index (χ4n) is 0.0962. The Balaban J connectivity index is -0.0000000729. The van der Waals surface area contributed by atoms with E-state index in [0.717, 1.165) is 0 Å². The van der Waals surface area contributed by atoms with Gasteiger partial charge in [0.25, 0.3) is 0 Å². The van der Waals surface area contributed by atoms with Gasteiger partial charge in [0.2, 0.25) is 0 Å². The molecule has 0 unspecified atom stereocenters. The van der Waals surface area contributed by atoms with E-state index < -0.39 is 18.0 Å². The summed E-state index contributed by atoms with van der Waals surface area (Å²) in [6.07, 6.45) is -0.509. The van der Waals surface area contributed by atoms with Crippen LogP contribution >= 0.6 is 23.2 Å². The van der Waals surface area contributed by atoms with E-state index in [2.05, 4.69) is 0 Å². The first kappa shape index (κ1) is 25.8. The van der Waals surface area contributed by atoms with E-state index in [0.29, 0.717) is 0 Å². The Morgan fingerprint density at radius 3 is 1.18 bits per heavy atom. The Kier molecular flexibility index (Phi) is 32.5. The number of aliphatic carboxylic acids is 2. The summed E-state index contributed by atoms with van der Waals surface area (Å²) in [5.41, 5.74) is 9.91. The summed E-state index contributed by atoms with van der Waals surface area (Å²) in [6.45, 7) is 0.521. The van der Waals surface area contributed by atoms with Crippen molar-refractivity contribution in [3.05, 3.63) is 0 Å². The normalized spacial score (nSPS) is 7.88. The average Bonchev–Trinajstić information content (AvgIpc) is 2.29. The van der Waals surface area contributed by atoms with Crippen LogP contribution in [0.3, 0.4) is 0 Å². The third-order valence-corrected chi connectivity index (χ3v) is 1.23. The number of nitrogens with two attached hydrogens (primary N) is 2. The minimum Gasteiger partial charge on any atom is -0.480 e. The third-order valence-electron chi connectivity index (χ3n) is 0.773. The monoisotopic (exact) mass is 473 g/mol. The molecule has 0 bridgehead atoms. The standard InChI is InChI=1S/C3H10N2O.2C2H3ClO2.Pt/c4-1-3(6)2-5;2*3-1-2(4)5;/h3,6H,1-2,4-5H2;2*1H2,(H,4,5);. The zero-order valence-electron chi connectivity index (χ0n) is 8.79. The van der Waals surface area contributed by atoms with Crippen LogP contribution in [0, 0.1) is 0 Å². The molecule has 0 aromatic heterocycles. The summed E-state index contributed by atoms with van der Waals surface area (Å²) in [6, 6.07) is 0. The van der Waals surface area contributed by atoms with E-state index in [-0.39, 0.29) is 45.9 Å². The van der Waals surface area contributed by atoms with Crippen molar-refractivity contribution in [2.24, 2.45) is 11.5 Å². The first-order valence-corrected chi connectivity index (χ1v) is 5.06. The molecule has 0 fully saturated rings. The number of carbonyl (C=O) groups is 2. The van der Waals surface area contributed by atoms with E-state index >= 15 is 0 Å². The second kappa shape index (κ2) is 21.4. The number of hydrogen-bond acceptors (Lipinski definition) is 5. The van der Waals surface area contributed by atoms with Crippen molar-refractivity contribution in [3.63, 3.8) is 0 Å². The number of rotatable bonds is 4. The van der Waals surface area contributed by atoms with Gasteiger partial charge in [-0.2, -0.15) is 0 Å². The van der Waals surface area contributed by atoms with E-state index in [4.69, 9.17) is 50.0 Å². The third kappa shape index (κ3) is 48.8. The first-order valence-electron chi connectivity index (χ1n) is 3.99. The largest absolute Gasteiger partial charge is 0.480 e. The van der Waals surface area contributed by atoms with Crippen molar-refractivity contribution < 1.29 is 46.0 Å². The molecule has 0 atom stereocenters. The molecule has 0 saturated carbocycles. The number of hydrogen-bond donors (Lipinski definition) is 5. The fraction of sp³-hybridized carbons (Fsp3) is 0.714. The minimum absolute atomic E-state index is 0. The summed E-state index contributed by atoms with van der Waals surface area (Å²) >= 11 is 9.47. The van der Waals surface area contributed by atoms with Gasteiger partial charge in [-0.1, -0.05) is 0 Å². The molecule has 0 aromatic carbocycles. The first-order chi connectivity index (χ1) is 7.35. The number of carboxylic acid groups (broad SMARTS) is 2. The fourth-order valence-corrected chi connectivity index (χ4v) is 0.0962.